The SMILES string of the molecule is COc1ccc(/C=N/n2c(=O)c(C3=NS(O)(O)c4ccccc4N3)c(O)c3ccccc32)cc1. The lowest BCUT2D eigenvalue weighted by Crippen LogP contribution is -2.31. The molecule has 0 atom stereocenters. The van der Waals surface area contributed by atoms with Gasteiger partial charge in [0.05, 0.1) is 24.5 Å². The van der Waals surface area contributed by atoms with E-state index in [1.165, 1.54) is 12.3 Å². The van der Waals surface area contributed by atoms with E-state index in [1.807, 2.05) is 0 Å². The average molecular weight is 477 g/mol. The van der Waals surface area contributed by atoms with E-state index in [1.54, 1.807) is 73.8 Å². The van der Waals surface area contributed by atoms with Gasteiger partial charge in [-0.2, -0.15) is 9.78 Å². The number of nitrogens with one attached hydrogen (secondary N) is 1. The van der Waals surface area contributed by atoms with Crippen molar-refractivity contribution in [3.63, 3.8) is 0 Å². The Bertz CT molecular complexity index is 1530. The molecule has 4 aromatic rings. The van der Waals surface area contributed by atoms with Gasteiger partial charge >= 0.3 is 0 Å². The Labute approximate surface area is 195 Å². The highest BCUT2D eigenvalue weighted by atomic mass is 32.3. The number of fused-ring (bicyclic) bond motifs is 2. The van der Waals surface area contributed by atoms with Gasteiger partial charge in [-0.15, -0.1) is 4.40 Å². The van der Waals surface area contributed by atoms with Crippen LogP contribution in [-0.2, 0) is 0 Å². The maximum atomic E-state index is 13.5. The number of amidine groups is 1. The molecule has 1 aliphatic rings. The van der Waals surface area contributed by atoms with Crippen LogP contribution in [0.1, 0.15) is 11.1 Å². The molecule has 0 saturated carbocycles. The third-order valence-corrected chi connectivity index (χ3v) is 6.74. The molecule has 9 nitrogen and oxygen atoms in total. The summed E-state index contributed by atoms with van der Waals surface area (Å²) in [5.74, 6) is 0.199. The first kappa shape index (κ1) is 21.7. The van der Waals surface area contributed by atoms with Crippen molar-refractivity contribution in [1.29, 1.82) is 0 Å². The van der Waals surface area contributed by atoms with Crippen LogP contribution in [0.25, 0.3) is 10.9 Å². The third kappa shape index (κ3) is 3.69. The van der Waals surface area contributed by atoms with Crippen molar-refractivity contribution < 1.29 is 18.9 Å². The summed E-state index contributed by atoms with van der Waals surface area (Å²) in [6, 6.07) is 20.4. The van der Waals surface area contributed by atoms with E-state index < -0.39 is 16.3 Å². The van der Waals surface area contributed by atoms with E-state index in [0.717, 1.165) is 10.2 Å². The molecule has 1 aromatic heterocycles. The van der Waals surface area contributed by atoms with Crippen LogP contribution in [-0.4, -0.2) is 38.0 Å². The number of pyridine rings is 1. The monoisotopic (exact) mass is 476 g/mol. The van der Waals surface area contributed by atoms with Crippen molar-refractivity contribution in [2.75, 3.05) is 12.4 Å². The van der Waals surface area contributed by atoms with Gasteiger partial charge < -0.3 is 15.2 Å². The fourth-order valence-electron chi connectivity index (χ4n) is 3.70. The van der Waals surface area contributed by atoms with Crippen LogP contribution in [0.15, 0.2) is 92.0 Å². The Balaban J connectivity index is 1.69. The molecular formula is C24H20N4O5S. The van der Waals surface area contributed by atoms with Gasteiger partial charge in [0.2, 0.25) is 0 Å². The Morgan fingerprint density at radius 3 is 2.50 bits per heavy atom. The smallest absolute Gasteiger partial charge is 0.286 e. The Morgan fingerprint density at radius 2 is 1.74 bits per heavy atom. The number of nitrogens with zero attached hydrogens (tertiary/aromatic N) is 3. The summed E-state index contributed by atoms with van der Waals surface area (Å²) in [5, 5.41) is 18.7. The first-order valence-corrected chi connectivity index (χ1v) is 11.7. The minimum atomic E-state index is -3.59. The van der Waals surface area contributed by atoms with Crippen LogP contribution < -0.4 is 15.6 Å². The fraction of sp³-hybridized carbons (Fsp3) is 0.0417. The van der Waals surface area contributed by atoms with Crippen LogP contribution in [0.5, 0.6) is 11.5 Å². The largest absolute Gasteiger partial charge is 0.506 e. The summed E-state index contributed by atoms with van der Waals surface area (Å²) in [7, 11) is -2.01. The standard InChI is InChI=1S/C24H20N4O5S/c1-33-16-12-10-15(11-13-16)14-25-28-19-8-4-2-6-17(19)22(29)21(24(28)30)23-26-18-7-3-5-9-20(18)34(31,32)27-23/h2-14,29,31-32H,1H3,(H,26,27)/b25-14+. The van der Waals surface area contributed by atoms with Crippen LogP contribution in [0.3, 0.4) is 0 Å². The highest BCUT2D eigenvalue weighted by molar-refractivity contribution is 8.23. The minimum Gasteiger partial charge on any atom is -0.506 e. The lowest BCUT2D eigenvalue weighted by Gasteiger charge is -2.34. The van der Waals surface area contributed by atoms with Crippen molar-refractivity contribution in [3.05, 3.63) is 94.3 Å². The van der Waals surface area contributed by atoms with Gasteiger partial charge in [-0.1, -0.05) is 35.0 Å². The number of aromatic nitrogens is 1. The zero-order valence-electron chi connectivity index (χ0n) is 17.9. The molecule has 0 amide bonds. The van der Waals surface area contributed by atoms with Gasteiger partial charge in [-0.05, 0) is 54.1 Å². The van der Waals surface area contributed by atoms with Gasteiger partial charge in [0.15, 0.2) is 5.84 Å². The summed E-state index contributed by atoms with van der Waals surface area (Å²) < 4.78 is 31.5. The molecule has 4 N–H and O–H groups in total. The van der Waals surface area contributed by atoms with Crippen molar-refractivity contribution in [3.8, 4) is 11.5 Å². The molecule has 172 valence electrons. The number of benzene rings is 3. The summed E-state index contributed by atoms with van der Waals surface area (Å²) in [5.41, 5.74) is 0.583. The second-order valence-corrected chi connectivity index (χ2v) is 9.12. The summed E-state index contributed by atoms with van der Waals surface area (Å²) in [6.07, 6.45) is 1.51. The average Bonchev–Trinajstić information content (AvgIpc) is 2.84. The van der Waals surface area contributed by atoms with Gasteiger partial charge in [0, 0.05) is 5.39 Å². The van der Waals surface area contributed by atoms with Gasteiger partial charge in [-0.3, -0.25) is 13.9 Å². The normalized spacial score (nSPS) is 15.4. The molecule has 5 rings (SSSR count). The van der Waals surface area contributed by atoms with Crippen molar-refractivity contribution in [2.24, 2.45) is 9.50 Å². The number of ether oxygens (including phenoxy) is 1. The molecule has 3 aromatic carbocycles. The number of aromatic hydroxyl groups is 1. The number of rotatable bonds is 4. The van der Waals surface area contributed by atoms with E-state index >= 15 is 0 Å². The Hall–Kier alpha value is -4.12. The number of para-hydroxylation sites is 2. The zero-order chi connectivity index (χ0) is 23.9. The molecule has 0 radical (unpaired) electrons. The van der Waals surface area contributed by atoms with Crippen LogP contribution in [0, 0.1) is 0 Å². The zero-order valence-corrected chi connectivity index (χ0v) is 18.7. The van der Waals surface area contributed by atoms with E-state index in [4.69, 9.17) is 4.74 Å². The predicted molar refractivity (Wildman–Crippen MR) is 134 cm³/mol. The molecule has 2 heterocycles. The molecule has 0 unspecified atom stereocenters. The van der Waals surface area contributed by atoms with Crippen molar-refractivity contribution >= 4 is 39.4 Å². The quantitative estimate of drug-likeness (QED) is 0.321. The maximum absolute atomic E-state index is 13.5. The maximum Gasteiger partial charge on any atom is 0.286 e. The summed E-state index contributed by atoms with van der Waals surface area (Å²) >= 11 is 0. The fourth-order valence-corrected chi connectivity index (χ4v) is 4.86. The first-order chi connectivity index (χ1) is 16.4. The first-order valence-electron chi connectivity index (χ1n) is 10.2. The van der Waals surface area contributed by atoms with Crippen molar-refractivity contribution in [2.45, 2.75) is 4.90 Å². The third-order valence-electron chi connectivity index (χ3n) is 5.36. The van der Waals surface area contributed by atoms with Crippen LogP contribution in [0.2, 0.25) is 0 Å². The second kappa shape index (κ2) is 8.34. The van der Waals surface area contributed by atoms with E-state index in [0.29, 0.717) is 22.3 Å². The second-order valence-electron chi connectivity index (χ2n) is 7.46. The molecule has 0 bridgehead atoms. The molecule has 10 heteroatoms. The summed E-state index contributed by atoms with van der Waals surface area (Å²) in [6.45, 7) is 0. The van der Waals surface area contributed by atoms with E-state index in [-0.39, 0.29) is 22.0 Å². The predicted octanol–water partition coefficient (Wildman–Crippen LogP) is 4.49. The molecular weight excluding hydrogens is 456 g/mol. The van der Waals surface area contributed by atoms with E-state index in [2.05, 4.69) is 14.8 Å². The topological polar surface area (TPSA) is 129 Å². The Morgan fingerprint density at radius 1 is 1.03 bits per heavy atom. The molecule has 34 heavy (non-hydrogen) atoms. The molecule has 1 aliphatic heterocycles. The lowest BCUT2D eigenvalue weighted by molar-refractivity contribution is 0.415. The minimum absolute atomic E-state index is 0.152. The number of hydrogen-bond acceptors (Lipinski definition) is 8. The molecule has 0 aliphatic carbocycles. The number of methoxy groups -OCH3 is 1. The number of anilines is 1. The molecule has 0 fully saturated rings. The van der Waals surface area contributed by atoms with Crippen LogP contribution >= 0.6 is 10.8 Å². The molecule has 0 spiro atoms. The van der Waals surface area contributed by atoms with Gasteiger partial charge in [0.1, 0.15) is 22.0 Å². The molecule has 0 saturated heterocycles. The van der Waals surface area contributed by atoms with Crippen molar-refractivity contribution in [1.82, 2.24) is 4.68 Å². The van der Waals surface area contributed by atoms with Crippen LogP contribution in [0.4, 0.5) is 5.69 Å². The Kier molecular flexibility index (Phi) is 5.33. The van der Waals surface area contributed by atoms with Gasteiger partial charge in [0.25, 0.3) is 5.56 Å². The number of hydrogen-bond donors (Lipinski definition) is 4. The highest BCUT2D eigenvalue weighted by Gasteiger charge is 2.30. The summed E-state index contributed by atoms with van der Waals surface area (Å²) in [4.78, 5) is 13.7. The lowest BCUT2D eigenvalue weighted by atomic mass is 10.1. The van der Waals surface area contributed by atoms with Gasteiger partial charge in [-0.25, -0.2) is 0 Å². The highest BCUT2D eigenvalue weighted by Crippen LogP contribution is 2.55. The van der Waals surface area contributed by atoms with E-state index in [9.17, 15) is 19.0 Å².